The number of carboxylic acids is 1. The Balaban J connectivity index is 2.49. The number of amides is 1. The maximum Gasteiger partial charge on any atom is 0.337 e. The minimum absolute atomic E-state index is 0.00661. The van der Waals surface area contributed by atoms with Gasteiger partial charge < -0.3 is 26.2 Å². The number of carboxylic acid groups (broad SMARTS) is 1. The van der Waals surface area contributed by atoms with Gasteiger partial charge in [0, 0.05) is 19.9 Å². The SMILES string of the molecule is COCCNC(=O)CNc1ncc(C(=O)O)cc1N. The minimum atomic E-state index is -1.11. The predicted molar refractivity (Wildman–Crippen MR) is 69.0 cm³/mol. The molecule has 0 atom stereocenters. The van der Waals surface area contributed by atoms with E-state index in [0.717, 1.165) is 0 Å². The fraction of sp³-hybridized carbons (Fsp3) is 0.364. The zero-order chi connectivity index (χ0) is 14.3. The summed E-state index contributed by atoms with van der Waals surface area (Å²) in [6.07, 6.45) is 1.17. The number of ether oxygens (including phenoxy) is 1. The van der Waals surface area contributed by atoms with E-state index in [1.165, 1.54) is 12.3 Å². The second kappa shape index (κ2) is 7.17. The van der Waals surface area contributed by atoms with Crippen molar-refractivity contribution in [2.75, 3.05) is 37.9 Å². The normalized spacial score (nSPS) is 9.95. The largest absolute Gasteiger partial charge is 0.478 e. The van der Waals surface area contributed by atoms with Crippen molar-refractivity contribution < 1.29 is 19.4 Å². The number of methoxy groups -OCH3 is 1. The van der Waals surface area contributed by atoms with Gasteiger partial charge in [0.15, 0.2) is 0 Å². The molecule has 8 nitrogen and oxygen atoms in total. The van der Waals surface area contributed by atoms with Gasteiger partial charge in [-0.3, -0.25) is 4.79 Å². The quantitative estimate of drug-likeness (QED) is 0.493. The Labute approximate surface area is 110 Å². The smallest absolute Gasteiger partial charge is 0.337 e. The van der Waals surface area contributed by atoms with E-state index in [2.05, 4.69) is 15.6 Å². The molecule has 1 heterocycles. The Morgan fingerprint density at radius 1 is 1.53 bits per heavy atom. The lowest BCUT2D eigenvalue weighted by molar-refractivity contribution is -0.119. The molecular weight excluding hydrogens is 252 g/mol. The third-order valence-corrected chi connectivity index (χ3v) is 2.21. The molecule has 104 valence electrons. The van der Waals surface area contributed by atoms with Gasteiger partial charge >= 0.3 is 5.97 Å². The van der Waals surface area contributed by atoms with E-state index in [0.29, 0.717) is 13.2 Å². The number of nitrogen functional groups attached to an aromatic ring is 1. The third kappa shape index (κ3) is 4.80. The number of aromatic carboxylic acids is 1. The van der Waals surface area contributed by atoms with Gasteiger partial charge in [0.05, 0.1) is 24.4 Å². The molecule has 5 N–H and O–H groups in total. The molecule has 0 spiro atoms. The highest BCUT2D eigenvalue weighted by Crippen LogP contribution is 2.15. The standard InChI is InChI=1S/C11H16N4O4/c1-19-3-2-13-9(16)6-15-10-8(12)4-7(5-14-10)11(17)18/h4-5H,2-3,6,12H2,1H3,(H,13,16)(H,14,15)(H,17,18). The van der Waals surface area contributed by atoms with Crippen LogP contribution in [-0.2, 0) is 9.53 Å². The van der Waals surface area contributed by atoms with Crippen molar-refractivity contribution in [1.82, 2.24) is 10.3 Å². The van der Waals surface area contributed by atoms with E-state index in [4.69, 9.17) is 15.6 Å². The Morgan fingerprint density at radius 2 is 2.26 bits per heavy atom. The second-order valence-corrected chi connectivity index (χ2v) is 3.66. The molecule has 0 saturated carbocycles. The summed E-state index contributed by atoms with van der Waals surface area (Å²) in [7, 11) is 1.54. The molecule has 1 aromatic heterocycles. The maximum atomic E-state index is 11.4. The van der Waals surface area contributed by atoms with Gasteiger partial charge in [-0.2, -0.15) is 0 Å². The lowest BCUT2D eigenvalue weighted by Gasteiger charge is -2.09. The number of hydrogen-bond acceptors (Lipinski definition) is 6. The van der Waals surface area contributed by atoms with Crippen LogP contribution in [0.1, 0.15) is 10.4 Å². The van der Waals surface area contributed by atoms with Crippen LogP contribution < -0.4 is 16.4 Å². The zero-order valence-electron chi connectivity index (χ0n) is 10.5. The van der Waals surface area contributed by atoms with Crippen molar-refractivity contribution in [1.29, 1.82) is 0 Å². The van der Waals surface area contributed by atoms with Gasteiger partial charge in [0.25, 0.3) is 0 Å². The van der Waals surface area contributed by atoms with Crippen molar-refractivity contribution in [2.24, 2.45) is 0 Å². The van der Waals surface area contributed by atoms with Crippen LogP contribution in [0.4, 0.5) is 11.5 Å². The average molecular weight is 268 g/mol. The van der Waals surface area contributed by atoms with E-state index in [1.807, 2.05) is 0 Å². The van der Waals surface area contributed by atoms with E-state index in [-0.39, 0.29) is 29.5 Å². The van der Waals surface area contributed by atoms with Crippen molar-refractivity contribution in [2.45, 2.75) is 0 Å². The molecule has 19 heavy (non-hydrogen) atoms. The van der Waals surface area contributed by atoms with Crippen molar-refractivity contribution in [3.8, 4) is 0 Å². The molecule has 0 aromatic carbocycles. The molecular formula is C11H16N4O4. The first-order valence-corrected chi connectivity index (χ1v) is 5.53. The van der Waals surface area contributed by atoms with E-state index in [1.54, 1.807) is 7.11 Å². The zero-order valence-corrected chi connectivity index (χ0v) is 10.5. The maximum absolute atomic E-state index is 11.4. The number of nitrogens with two attached hydrogens (primary N) is 1. The number of aromatic nitrogens is 1. The second-order valence-electron chi connectivity index (χ2n) is 3.66. The van der Waals surface area contributed by atoms with Crippen molar-refractivity contribution >= 4 is 23.4 Å². The molecule has 0 radical (unpaired) electrons. The van der Waals surface area contributed by atoms with E-state index < -0.39 is 5.97 Å². The van der Waals surface area contributed by atoms with Crippen LogP contribution in [-0.4, -0.2) is 48.8 Å². The van der Waals surface area contributed by atoms with E-state index in [9.17, 15) is 9.59 Å². The fourth-order valence-electron chi connectivity index (χ4n) is 1.27. The number of hydrogen-bond donors (Lipinski definition) is 4. The Hall–Kier alpha value is -2.35. The van der Waals surface area contributed by atoms with Gasteiger partial charge in [-0.1, -0.05) is 0 Å². The molecule has 0 fully saturated rings. The monoisotopic (exact) mass is 268 g/mol. The number of carbonyl (C=O) groups excluding carboxylic acids is 1. The molecule has 1 aromatic rings. The molecule has 8 heteroatoms. The first-order chi connectivity index (χ1) is 9.04. The van der Waals surface area contributed by atoms with Crippen LogP contribution in [0.3, 0.4) is 0 Å². The molecule has 0 aliphatic rings. The Morgan fingerprint density at radius 3 is 2.84 bits per heavy atom. The molecule has 0 unspecified atom stereocenters. The summed E-state index contributed by atoms with van der Waals surface area (Å²) in [5.74, 6) is -1.07. The fourth-order valence-corrected chi connectivity index (χ4v) is 1.27. The summed E-state index contributed by atoms with van der Waals surface area (Å²) < 4.78 is 4.79. The Bertz CT molecular complexity index is 464. The molecule has 0 aliphatic carbocycles. The summed E-state index contributed by atoms with van der Waals surface area (Å²) in [4.78, 5) is 25.9. The van der Waals surface area contributed by atoms with Gasteiger partial charge in [-0.15, -0.1) is 0 Å². The van der Waals surface area contributed by atoms with Crippen LogP contribution in [0.5, 0.6) is 0 Å². The molecule has 0 saturated heterocycles. The first-order valence-electron chi connectivity index (χ1n) is 5.53. The van der Waals surface area contributed by atoms with Crippen molar-refractivity contribution in [3.05, 3.63) is 17.8 Å². The summed E-state index contributed by atoms with van der Waals surface area (Å²) in [5.41, 5.74) is 5.79. The summed E-state index contributed by atoms with van der Waals surface area (Å²) in [6.45, 7) is 0.838. The van der Waals surface area contributed by atoms with Crippen LogP contribution in [0.2, 0.25) is 0 Å². The number of carbonyl (C=O) groups is 2. The van der Waals surface area contributed by atoms with Gasteiger partial charge in [0.2, 0.25) is 5.91 Å². The topological polar surface area (TPSA) is 127 Å². The number of nitrogens with zero attached hydrogens (tertiary/aromatic N) is 1. The molecule has 0 bridgehead atoms. The number of rotatable bonds is 7. The number of anilines is 2. The predicted octanol–water partition coefficient (Wildman–Crippen LogP) is -0.463. The van der Waals surface area contributed by atoms with Gasteiger partial charge in [-0.25, -0.2) is 9.78 Å². The summed E-state index contributed by atoms with van der Waals surface area (Å²) in [6, 6.07) is 1.28. The highest BCUT2D eigenvalue weighted by atomic mass is 16.5. The number of nitrogens with one attached hydrogen (secondary N) is 2. The summed E-state index contributed by atoms with van der Waals surface area (Å²) in [5, 5.41) is 14.1. The van der Waals surface area contributed by atoms with Crippen LogP contribution in [0.15, 0.2) is 12.3 Å². The average Bonchev–Trinajstić information content (AvgIpc) is 2.37. The number of pyridine rings is 1. The molecule has 0 aliphatic heterocycles. The molecule has 1 amide bonds. The minimum Gasteiger partial charge on any atom is -0.478 e. The first kappa shape index (κ1) is 14.7. The van der Waals surface area contributed by atoms with Crippen LogP contribution in [0.25, 0.3) is 0 Å². The van der Waals surface area contributed by atoms with E-state index >= 15 is 0 Å². The lowest BCUT2D eigenvalue weighted by atomic mass is 10.2. The Kier molecular flexibility index (Phi) is 5.55. The molecule has 1 rings (SSSR count). The van der Waals surface area contributed by atoms with Crippen LogP contribution in [0, 0.1) is 0 Å². The van der Waals surface area contributed by atoms with Gasteiger partial charge in [-0.05, 0) is 6.07 Å². The van der Waals surface area contributed by atoms with Gasteiger partial charge in [0.1, 0.15) is 5.82 Å². The highest BCUT2D eigenvalue weighted by Gasteiger charge is 2.08. The lowest BCUT2D eigenvalue weighted by Crippen LogP contribution is -2.32. The highest BCUT2D eigenvalue weighted by molar-refractivity contribution is 5.89. The van der Waals surface area contributed by atoms with Crippen LogP contribution >= 0.6 is 0 Å². The third-order valence-electron chi connectivity index (χ3n) is 2.21. The van der Waals surface area contributed by atoms with Crippen molar-refractivity contribution in [3.63, 3.8) is 0 Å². The summed E-state index contributed by atoms with van der Waals surface area (Å²) >= 11 is 0.